The summed E-state index contributed by atoms with van der Waals surface area (Å²) < 4.78 is 19.4. The molecule has 1 saturated carbocycles. The molecule has 2 aromatic rings. The van der Waals surface area contributed by atoms with E-state index in [1.807, 2.05) is 13.8 Å². The molecule has 1 aliphatic carbocycles. The predicted octanol–water partition coefficient (Wildman–Crippen LogP) is 2.86. The van der Waals surface area contributed by atoms with Crippen LogP contribution in [-0.2, 0) is 11.3 Å². The van der Waals surface area contributed by atoms with Gasteiger partial charge in [-0.05, 0) is 44.9 Å². The van der Waals surface area contributed by atoms with Crippen molar-refractivity contribution in [2.45, 2.75) is 39.3 Å². The van der Waals surface area contributed by atoms with E-state index in [1.165, 1.54) is 12.1 Å². The molecule has 31 heavy (non-hydrogen) atoms. The van der Waals surface area contributed by atoms with Crippen LogP contribution in [0.3, 0.4) is 0 Å². The second-order valence-electron chi connectivity index (χ2n) is 8.07. The monoisotopic (exact) mass is 543 g/mol. The fraction of sp³-hybridized carbons (Fsp3) is 0.545. The van der Waals surface area contributed by atoms with E-state index in [4.69, 9.17) is 9.41 Å². The first-order valence-electron chi connectivity index (χ1n) is 10.8. The third kappa shape index (κ3) is 6.09. The molecule has 0 atom stereocenters. The minimum atomic E-state index is -0.265. The van der Waals surface area contributed by atoms with E-state index in [-0.39, 0.29) is 35.7 Å². The van der Waals surface area contributed by atoms with Gasteiger partial charge < -0.3 is 20.0 Å². The van der Waals surface area contributed by atoms with E-state index in [0.29, 0.717) is 24.7 Å². The lowest BCUT2D eigenvalue weighted by Gasteiger charge is -2.36. The zero-order valence-electron chi connectivity index (χ0n) is 18.1. The van der Waals surface area contributed by atoms with Crippen molar-refractivity contribution in [2.75, 3.05) is 39.3 Å². The van der Waals surface area contributed by atoms with E-state index in [1.54, 1.807) is 6.07 Å². The third-order valence-corrected chi connectivity index (χ3v) is 5.69. The Morgan fingerprint density at radius 2 is 2.00 bits per heavy atom. The number of halogens is 2. The van der Waals surface area contributed by atoms with Gasteiger partial charge in [0.05, 0.1) is 6.54 Å². The lowest BCUT2D eigenvalue weighted by atomic mass is 10.1. The van der Waals surface area contributed by atoms with Gasteiger partial charge in [-0.25, -0.2) is 9.38 Å². The van der Waals surface area contributed by atoms with Gasteiger partial charge in [0.25, 0.3) is 0 Å². The highest BCUT2D eigenvalue weighted by atomic mass is 127. The number of hydrogen-bond donors (Lipinski definition) is 2. The molecule has 1 aromatic heterocycles. The SMILES string of the molecule is CCNC(=NCc1oc2ccc(F)cc2c1C)N1CCN(CC(=O)NC2CC2)CC1.I. The molecule has 2 heterocycles. The van der Waals surface area contributed by atoms with Gasteiger partial charge in [0.2, 0.25) is 5.91 Å². The lowest BCUT2D eigenvalue weighted by Crippen LogP contribution is -2.54. The van der Waals surface area contributed by atoms with Crippen LogP contribution in [0, 0.1) is 12.7 Å². The van der Waals surface area contributed by atoms with Crippen molar-refractivity contribution in [2.24, 2.45) is 4.99 Å². The summed E-state index contributed by atoms with van der Waals surface area (Å²) in [6.45, 7) is 8.89. The van der Waals surface area contributed by atoms with Gasteiger partial charge in [0, 0.05) is 49.7 Å². The molecule has 1 aliphatic heterocycles. The molecule has 0 radical (unpaired) electrons. The van der Waals surface area contributed by atoms with Crippen molar-refractivity contribution < 1.29 is 13.6 Å². The number of benzene rings is 1. The normalized spacial score (nSPS) is 17.5. The van der Waals surface area contributed by atoms with E-state index in [0.717, 1.165) is 68.2 Å². The Kier molecular flexibility index (Phi) is 8.15. The highest BCUT2D eigenvalue weighted by molar-refractivity contribution is 14.0. The number of nitrogens with zero attached hydrogens (tertiary/aromatic N) is 3. The van der Waals surface area contributed by atoms with Gasteiger partial charge in [-0.2, -0.15) is 0 Å². The Balaban J connectivity index is 0.00000272. The molecule has 1 saturated heterocycles. The van der Waals surface area contributed by atoms with Gasteiger partial charge >= 0.3 is 0 Å². The summed E-state index contributed by atoms with van der Waals surface area (Å²) in [4.78, 5) is 21.2. The van der Waals surface area contributed by atoms with Crippen LogP contribution in [-0.4, -0.2) is 67.0 Å². The van der Waals surface area contributed by atoms with Crippen LogP contribution in [0.2, 0.25) is 0 Å². The number of aliphatic imine (C=N–C) groups is 1. The third-order valence-electron chi connectivity index (χ3n) is 5.69. The minimum absolute atomic E-state index is 0. The van der Waals surface area contributed by atoms with Crippen molar-refractivity contribution >= 4 is 46.8 Å². The summed E-state index contributed by atoms with van der Waals surface area (Å²) in [6.07, 6.45) is 2.23. The predicted molar refractivity (Wildman–Crippen MR) is 130 cm³/mol. The average Bonchev–Trinajstić information content (AvgIpc) is 3.49. The fourth-order valence-corrected chi connectivity index (χ4v) is 3.79. The van der Waals surface area contributed by atoms with Gasteiger partial charge in [0.15, 0.2) is 5.96 Å². The first-order valence-corrected chi connectivity index (χ1v) is 10.8. The molecule has 2 fully saturated rings. The Hall–Kier alpha value is -1.88. The van der Waals surface area contributed by atoms with Crippen LogP contribution in [0.4, 0.5) is 4.39 Å². The summed E-state index contributed by atoms with van der Waals surface area (Å²) in [5.74, 6) is 1.45. The van der Waals surface area contributed by atoms with Crippen molar-refractivity contribution in [1.29, 1.82) is 0 Å². The van der Waals surface area contributed by atoms with Gasteiger partial charge in [-0.15, -0.1) is 24.0 Å². The number of piperazine rings is 1. The van der Waals surface area contributed by atoms with E-state index >= 15 is 0 Å². The number of nitrogens with one attached hydrogen (secondary N) is 2. The molecule has 4 rings (SSSR count). The second kappa shape index (κ2) is 10.6. The summed E-state index contributed by atoms with van der Waals surface area (Å²) >= 11 is 0. The number of amides is 1. The number of hydrogen-bond acceptors (Lipinski definition) is 4. The van der Waals surface area contributed by atoms with Crippen molar-refractivity contribution in [3.63, 3.8) is 0 Å². The van der Waals surface area contributed by atoms with E-state index in [9.17, 15) is 9.18 Å². The van der Waals surface area contributed by atoms with E-state index in [2.05, 4.69) is 20.4 Å². The lowest BCUT2D eigenvalue weighted by molar-refractivity contribution is -0.122. The number of carbonyl (C=O) groups excluding carboxylic acids is 1. The van der Waals surface area contributed by atoms with Crippen LogP contribution < -0.4 is 10.6 Å². The molecule has 0 spiro atoms. The summed E-state index contributed by atoms with van der Waals surface area (Å²) in [5, 5.41) is 7.20. The maximum atomic E-state index is 13.5. The number of guanidine groups is 1. The van der Waals surface area contributed by atoms with Crippen LogP contribution in [0.25, 0.3) is 11.0 Å². The molecule has 1 amide bonds. The highest BCUT2D eigenvalue weighted by Gasteiger charge is 2.26. The maximum Gasteiger partial charge on any atom is 0.234 e. The first-order chi connectivity index (χ1) is 14.5. The Bertz CT molecular complexity index is 935. The van der Waals surface area contributed by atoms with Gasteiger partial charge in [0.1, 0.15) is 23.7 Å². The molecule has 0 bridgehead atoms. The molecule has 7 nitrogen and oxygen atoms in total. The molecule has 2 aliphatic rings. The average molecular weight is 543 g/mol. The standard InChI is InChI=1S/C22H30FN5O2.HI/c1-3-24-22(25-13-20-15(2)18-12-16(23)4-7-19(18)30-20)28-10-8-27(9-11-28)14-21(29)26-17-5-6-17;/h4,7,12,17H,3,5-6,8-11,13-14H2,1-2H3,(H,24,25)(H,26,29);1H. The molecule has 9 heteroatoms. The number of furan rings is 1. The number of aryl methyl sites for hydroxylation is 1. The first kappa shape index (κ1) is 23.8. The van der Waals surface area contributed by atoms with Crippen molar-refractivity contribution in [3.05, 3.63) is 35.3 Å². The van der Waals surface area contributed by atoms with E-state index < -0.39 is 0 Å². The Morgan fingerprint density at radius 1 is 1.26 bits per heavy atom. The molecule has 1 aromatic carbocycles. The van der Waals surface area contributed by atoms with Crippen molar-refractivity contribution in [1.82, 2.24) is 20.4 Å². The minimum Gasteiger partial charge on any atom is -0.459 e. The summed E-state index contributed by atoms with van der Waals surface area (Å²) in [5.41, 5.74) is 1.61. The van der Waals surface area contributed by atoms with Gasteiger partial charge in [-0.1, -0.05) is 0 Å². The highest BCUT2D eigenvalue weighted by Crippen LogP contribution is 2.26. The molecular formula is C22H31FIN5O2. The topological polar surface area (TPSA) is 73.1 Å². The number of rotatable bonds is 6. The van der Waals surface area contributed by atoms with Gasteiger partial charge in [-0.3, -0.25) is 9.69 Å². The Labute approximate surface area is 199 Å². The smallest absolute Gasteiger partial charge is 0.234 e. The largest absolute Gasteiger partial charge is 0.459 e. The quantitative estimate of drug-likeness (QED) is 0.333. The Morgan fingerprint density at radius 3 is 2.68 bits per heavy atom. The van der Waals surface area contributed by atoms with Crippen LogP contribution in [0.5, 0.6) is 0 Å². The van der Waals surface area contributed by atoms with Crippen molar-refractivity contribution in [3.8, 4) is 0 Å². The van der Waals surface area contributed by atoms with Crippen LogP contribution in [0.1, 0.15) is 31.1 Å². The molecule has 0 unspecified atom stereocenters. The zero-order chi connectivity index (χ0) is 21.1. The van der Waals surface area contributed by atoms with Crippen LogP contribution in [0.15, 0.2) is 27.6 Å². The summed E-state index contributed by atoms with van der Waals surface area (Å²) in [6, 6.07) is 4.98. The molecule has 170 valence electrons. The fourth-order valence-electron chi connectivity index (χ4n) is 3.79. The number of fused-ring (bicyclic) bond motifs is 1. The van der Waals surface area contributed by atoms with Crippen LogP contribution >= 0.6 is 24.0 Å². The second-order valence-corrected chi connectivity index (χ2v) is 8.07. The zero-order valence-corrected chi connectivity index (χ0v) is 20.4. The maximum absolute atomic E-state index is 13.5. The molecular weight excluding hydrogens is 512 g/mol. The molecule has 2 N–H and O–H groups in total. The number of carbonyl (C=O) groups is 1. The summed E-state index contributed by atoms with van der Waals surface area (Å²) in [7, 11) is 0.